The van der Waals surface area contributed by atoms with E-state index in [0.29, 0.717) is 37.2 Å². The van der Waals surface area contributed by atoms with Gasteiger partial charge in [-0.15, -0.1) is 0 Å². The highest BCUT2D eigenvalue weighted by molar-refractivity contribution is 5.76. The highest BCUT2D eigenvalue weighted by Crippen LogP contribution is 2.33. The molecule has 1 saturated heterocycles. The van der Waals surface area contributed by atoms with Crippen LogP contribution in [0.1, 0.15) is 24.4 Å². The van der Waals surface area contributed by atoms with Crippen LogP contribution in [0, 0.1) is 11.6 Å². The number of hydrogen-bond acceptors (Lipinski definition) is 4. The van der Waals surface area contributed by atoms with Gasteiger partial charge in [0, 0.05) is 30.8 Å². The third-order valence-corrected chi connectivity index (χ3v) is 4.66. The second-order valence-corrected chi connectivity index (χ2v) is 6.44. The smallest absolute Gasteiger partial charge is 0.325 e. The molecule has 0 bridgehead atoms. The van der Waals surface area contributed by atoms with Gasteiger partial charge in [-0.3, -0.25) is 9.69 Å². The normalized spacial score (nSPS) is 16.7. The van der Waals surface area contributed by atoms with Crippen molar-refractivity contribution in [3.8, 4) is 11.5 Å². The van der Waals surface area contributed by atoms with Crippen molar-refractivity contribution in [3.63, 3.8) is 0 Å². The first-order valence-corrected chi connectivity index (χ1v) is 8.70. The highest BCUT2D eigenvalue weighted by atomic mass is 19.1. The van der Waals surface area contributed by atoms with E-state index in [1.165, 1.54) is 37.4 Å². The van der Waals surface area contributed by atoms with Gasteiger partial charge in [0.25, 0.3) is 0 Å². The first-order valence-electron chi connectivity index (χ1n) is 8.70. The monoisotopic (exact) mass is 377 g/mol. The Bertz CT molecular complexity index is 806. The summed E-state index contributed by atoms with van der Waals surface area (Å²) >= 11 is 0. The molecule has 1 N–H and O–H groups in total. The third kappa shape index (κ3) is 4.54. The first-order chi connectivity index (χ1) is 13.0. The van der Waals surface area contributed by atoms with Crippen LogP contribution in [0.2, 0.25) is 0 Å². The number of nitrogens with zero attached hydrogens (tertiary/aromatic N) is 1. The van der Waals surface area contributed by atoms with Gasteiger partial charge < -0.3 is 14.6 Å². The number of likely N-dealkylation sites (tertiary alicyclic amines) is 1. The molecule has 5 nitrogen and oxygen atoms in total. The Balaban J connectivity index is 1.70. The minimum atomic E-state index is -1.02. The summed E-state index contributed by atoms with van der Waals surface area (Å²) in [6.07, 6.45) is 1.08. The van der Waals surface area contributed by atoms with Crippen LogP contribution in [0.25, 0.3) is 0 Å². The Morgan fingerprint density at radius 2 is 1.85 bits per heavy atom. The van der Waals surface area contributed by atoms with E-state index >= 15 is 0 Å². The zero-order valence-electron chi connectivity index (χ0n) is 14.9. The summed E-state index contributed by atoms with van der Waals surface area (Å²) in [5.41, 5.74) is 0.413. The lowest BCUT2D eigenvalue weighted by atomic mass is 9.99. The number of carboxylic acids is 1. The van der Waals surface area contributed by atoms with Gasteiger partial charge in [0.05, 0.1) is 7.11 Å². The topological polar surface area (TPSA) is 59.0 Å². The van der Waals surface area contributed by atoms with Crippen LogP contribution in [-0.2, 0) is 4.79 Å². The van der Waals surface area contributed by atoms with E-state index in [1.54, 1.807) is 12.1 Å². The van der Waals surface area contributed by atoms with Crippen molar-refractivity contribution in [2.45, 2.75) is 25.0 Å². The zero-order valence-corrected chi connectivity index (χ0v) is 14.9. The largest absolute Gasteiger partial charge is 0.496 e. The van der Waals surface area contributed by atoms with E-state index in [2.05, 4.69) is 0 Å². The molecule has 3 rings (SSSR count). The molecule has 0 spiro atoms. The number of methoxy groups -OCH3 is 1. The van der Waals surface area contributed by atoms with Gasteiger partial charge >= 0.3 is 5.97 Å². The molecule has 1 aliphatic rings. The molecular formula is C20H21F2NO4. The van der Waals surface area contributed by atoms with E-state index in [0.717, 1.165) is 0 Å². The summed E-state index contributed by atoms with van der Waals surface area (Å²) in [6, 6.07) is 8.88. The van der Waals surface area contributed by atoms with Gasteiger partial charge in [-0.1, -0.05) is 12.1 Å². The standard InChI is InChI=1S/C20H21F2NO4/c1-26-18-12-14(22)5-6-17(18)19(20(24)25)23-9-7-15(8-10-23)27-16-4-2-3-13(21)11-16/h2-6,11-12,15,19H,7-10H2,1H3,(H,24,25)/t19-/m1/s1. The minimum Gasteiger partial charge on any atom is -0.496 e. The first kappa shape index (κ1) is 19.1. The maximum absolute atomic E-state index is 13.4. The van der Waals surface area contributed by atoms with Gasteiger partial charge in [-0.2, -0.15) is 0 Å². The average Bonchev–Trinajstić information content (AvgIpc) is 2.64. The number of rotatable bonds is 6. The van der Waals surface area contributed by atoms with Crippen molar-refractivity contribution >= 4 is 5.97 Å². The molecule has 1 fully saturated rings. The fourth-order valence-corrected chi connectivity index (χ4v) is 3.38. The number of aliphatic carboxylic acids is 1. The average molecular weight is 377 g/mol. The van der Waals surface area contributed by atoms with Crippen LogP contribution in [0.5, 0.6) is 11.5 Å². The van der Waals surface area contributed by atoms with Gasteiger partial charge in [-0.05, 0) is 31.0 Å². The zero-order chi connectivity index (χ0) is 19.4. The molecule has 144 valence electrons. The molecule has 1 atom stereocenters. The van der Waals surface area contributed by atoms with Crippen LogP contribution in [0.4, 0.5) is 8.78 Å². The predicted molar refractivity (Wildman–Crippen MR) is 95.0 cm³/mol. The summed E-state index contributed by atoms with van der Waals surface area (Å²) in [4.78, 5) is 13.7. The van der Waals surface area contributed by atoms with Gasteiger partial charge in [0.15, 0.2) is 0 Å². The Morgan fingerprint density at radius 3 is 2.48 bits per heavy atom. The molecule has 1 heterocycles. The second-order valence-electron chi connectivity index (χ2n) is 6.44. The van der Waals surface area contributed by atoms with Crippen LogP contribution in [0.3, 0.4) is 0 Å². The number of piperidine rings is 1. The summed E-state index contributed by atoms with van der Waals surface area (Å²) < 4.78 is 37.7. The molecule has 1 aliphatic heterocycles. The van der Waals surface area contributed by atoms with Crippen LogP contribution in [0.15, 0.2) is 42.5 Å². The van der Waals surface area contributed by atoms with Gasteiger partial charge in [0.1, 0.15) is 35.3 Å². The number of ether oxygens (including phenoxy) is 2. The van der Waals surface area contributed by atoms with Crippen molar-refractivity contribution in [3.05, 3.63) is 59.7 Å². The summed E-state index contributed by atoms with van der Waals surface area (Å²) in [5, 5.41) is 9.74. The van der Waals surface area contributed by atoms with Crippen LogP contribution >= 0.6 is 0 Å². The highest BCUT2D eigenvalue weighted by Gasteiger charge is 2.33. The molecule has 0 amide bonds. The second kappa shape index (κ2) is 8.35. The Kier molecular flexibility index (Phi) is 5.91. The molecule has 2 aromatic carbocycles. The molecule has 27 heavy (non-hydrogen) atoms. The molecule has 0 unspecified atom stereocenters. The summed E-state index contributed by atoms with van der Waals surface area (Å²) in [5.74, 6) is -1.20. The van der Waals surface area contributed by atoms with Crippen molar-refractivity contribution < 1.29 is 28.2 Å². The Hall–Kier alpha value is -2.67. The molecule has 0 radical (unpaired) electrons. The van der Waals surface area contributed by atoms with Gasteiger partial charge in [-0.25, -0.2) is 8.78 Å². The SMILES string of the molecule is COc1cc(F)ccc1[C@H](C(=O)O)N1CCC(Oc2cccc(F)c2)CC1. The van der Waals surface area contributed by atoms with E-state index < -0.39 is 17.8 Å². The van der Waals surface area contributed by atoms with Crippen molar-refractivity contribution in [2.24, 2.45) is 0 Å². The van der Waals surface area contributed by atoms with Crippen molar-refractivity contribution in [2.75, 3.05) is 20.2 Å². The van der Waals surface area contributed by atoms with Crippen LogP contribution < -0.4 is 9.47 Å². The predicted octanol–water partition coefficient (Wildman–Crippen LogP) is 3.64. The van der Waals surface area contributed by atoms with Crippen molar-refractivity contribution in [1.29, 1.82) is 0 Å². The molecule has 0 aromatic heterocycles. The van der Waals surface area contributed by atoms with Gasteiger partial charge in [0.2, 0.25) is 0 Å². The summed E-state index contributed by atoms with van der Waals surface area (Å²) in [7, 11) is 1.39. The molecule has 0 aliphatic carbocycles. The van der Waals surface area contributed by atoms with E-state index in [9.17, 15) is 18.7 Å². The maximum Gasteiger partial charge on any atom is 0.325 e. The third-order valence-electron chi connectivity index (χ3n) is 4.66. The number of benzene rings is 2. The number of carboxylic acid groups (broad SMARTS) is 1. The lowest BCUT2D eigenvalue weighted by molar-refractivity contribution is -0.144. The van der Waals surface area contributed by atoms with Crippen molar-refractivity contribution in [1.82, 2.24) is 4.90 Å². The van der Waals surface area contributed by atoms with E-state index in [4.69, 9.17) is 9.47 Å². The van der Waals surface area contributed by atoms with E-state index in [1.807, 2.05) is 4.90 Å². The Morgan fingerprint density at radius 1 is 1.15 bits per heavy atom. The number of hydrogen-bond donors (Lipinski definition) is 1. The van der Waals surface area contributed by atoms with E-state index in [-0.39, 0.29) is 17.7 Å². The lowest BCUT2D eigenvalue weighted by Gasteiger charge is -2.36. The molecule has 7 heteroatoms. The number of carbonyl (C=O) groups is 1. The fraction of sp³-hybridized carbons (Fsp3) is 0.350. The minimum absolute atomic E-state index is 0.118. The van der Waals surface area contributed by atoms with Crippen LogP contribution in [-0.4, -0.2) is 42.3 Å². The number of halogens is 2. The molecular weight excluding hydrogens is 356 g/mol. The lowest BCUT2D eigenvalue weighted by Crippen LogP contribution is -2.43. The molecule has 0 saturated carbocycles. The summed E-state index contributed by atoms with van der Waals surface area (Å²) in [6.45, 7) is 0.967. The Labute approximate surface area is 156 Å². The fourth-order valence-electron chi connectivity index (χ4n) is 3.38. The molecule has 2 aromatic rings. The maximum atomic E-state index is 13.4. The quantitative estimate of drug-likeness (QED) is 0.833.